The van der Waals surface area contributed by atoms with Crippen LogP contribution in [0, 0.1) is 5.41 Å². The smallest absolute Gasteiger partial charge is 0.215 e. The Hall–Kier alpha value is -0.910. The molecule has 3 rings (SSSR count). The summed E-state index contributed by atoms with van der Waals surface area (Å²) in [6.45, 7) is 2.75. The Morgan fingerprint density at radius 2 is 1.64 bits per heavy atom. The van der Waals surface area contributed by atoms with Gasteiger partial charge in [0.15, 0.2) is 0 Å². The van der Waals surface area contributed by atoms with Gasteiger partial charge in [0, 0.05) is 15.6 Å². The highest BCUT2D eigenvalue weighted by Crippen LogP contribution is 2.64. The van der Waals surface area contributed by atoms with Crippen LogP contribution in [-0.4, -0.2) is 18.3 Å². The fraction of sp³-hybridized carbons (Fsp3) is 0.333. The van der Waals surface area contributed by atoms with E-state index < -0.39 is 6.49 Å². The molecule has 1 heterocycles. The van der Waals surface area contributed by atoms with Gasteiger partial charge in [-0.25, -0.2) is 0 Å². The third-order valence-corrected chi connectivity index (χ3v) is 7.77. The SMILES string of the molecule is CC1(C)COP(=S)([C@H](Nc2ccc(Br)cc2)c2ccc(O)cc2)OC1. The number of hydrogen-bond acceptors (Lipinski definition) is 5. The Morgan fingerprint density at radius 3 is 2.20 bits per heavy atom. The van der Waals surface area contributed by atoms with Crippen molar-refractivity contribution >= 4 is 39.9 Å². The third-order valence-electron chi connectivity index (χ3n) is 3.94. The van der Waals surface area contributed by atoms with Gasteiger partial charge < -0.3 is 19.5 Å². The molecule has 0 radical (unpaired) electrons. The second-order valence-electron chi connectivity index (χ2n) is 6.90. The number of hydrogen-bond donors (Lipinski definition) is 2. The summed E-state index contributed by atoms with van der Waals surface area (Å²) in [7, 11) is 0. The van der Waals surface area contributed by atoms with Crippen LogP contribution in [0.2, 0.25) is 0 Å². The topological polar surface area (TPSA) is 50.7 Å². The third kappa shape index (κ3) is 4.63. The zero-order valence-electron chi connectivity index (χ0n) is 14.1. The molecule has 2 N–H and O–H groups in total. The van der Waals surface area contributed by atoms with Gasteiger partial charge >= 0.3 is 0 Å². The molecule has 1 fully saturated rings. The number of benzene rings is 2. The van der Waals surface area contributed by atoms with E-state index in [-0.39, 0.29) is 16.9 Å². The lowest BCUT2D eigenvalue weighted by Gasteiger charge is -2.40. The average Bonchev–Trinajstić information content (AvgIpc) is 2.58. The van der Waals surface area contributed by atoms with E-state index in [4.69, 9.17) is 20.9 Å². The van der Waals surface area contributed by atoms with Crippen molar-refractivity contribution in [3.05, 3.63) is 58.6 Å². The van der Waals surface area contributed by atoms with Crippen LogP contribution in [0.25, 0.3) is 0 Å². The molecule has 0 unspecified atom stereocenters. The zero-order valence-corrected chi connectivity index (χ0v) is 17.4. The first-order valence-corrected chi connectivity index (χ1v) is 11.5. The van der Waals surface area contributed by atoms with Crippen LogP contribution in [0.5, 0.6) is 5.75 Å². The van der Waals surface area contributed by atoms with Gasteiger partial charge in [0.25, 0.3) is 0 Å². The summed E-state index contributed by atoms with van der Waals surface area (Å²) in [4.78, 5) is 0. The minimum atomic E-state index is -2.59. The molecule has 0 aliphatic carbocycles. The Labute approximate surface area is 161 Å². The summed E-state index contributed by atoms with van der Waals surface area (Å²) >= 11 is 9.30. The average molecular weight is 442 g/mol. The molecule has 1 aliphatic rings. The van der Waals surface area contributed by atoms with Gasteiger partial charge in [-0.05, 0) is 53.8 Å². The number of phenols is 1. The van der Waals surface area contributed by atoms with Crippen LogP contribution in [-0.2, 0) is 20.9 Å². The standard InChI is InChI=1S/C18H21BrNO3PS/c1-18(2)11-22-24(25,23-12-18)17(13-3-9-16(21)10-4-13)20-15-7-5-14(19)6-8-15/h3-10,17,20-21H,11-12H2,1-2H3/t17-/m0/s1. The van der Waals surface area contributed by atoms with Crippen LogP contribution in [0.15, 0.2) is 53.0 Å². The van der Waals surface area contributed by atoms with Crippen molar-refractivity contribution in [2.45, 2.75) is 19.6 Å². The van der Waals surface area contributed by atoms with Gasteiger partial charge in [-0.15, -0.1) is 0 Å². The normalized spacial score (nSPS) is 20.0. The molecule has 7 heteroatoms. The Balaban J connectivity index is 1.92. The highest BCUT2D eigenvalue weighted by Gasteiger charge is 2.40. The molecule has 0 spiro atoms. The lowest BCUT2D eigenvalue weighted by Crippen LogP contribution is -2.31. The van der Waals surface area contributed by atoms with E-state index in [2.05, 4.69) is 35.1 Å². The van der Waals surface area contributed by atoms with E-state index in [1.165, 1.54) is 0 Å². The molecule has 2 aromatic carbocycles. The van der Waals surface area contributed by atoms with Crippen molar-refractivity contribution in [1.29, 1.82) is 0 Å². The first kappa shape index (κ1) is 18.9. The van der Waals surface area contributed by atoms with Crippen molar-refractivity contribution < 1.29 is 14.2 Å². The molecule has 2 aromatic rings. The molecular weight excluding hydrogens is 421 g/mol. The van der Waals surface area contributed by atoms with Crippen LogP contribution >= 0.6 is 22.4 Å². The first-order chi connectivity index (χ1) is 11.8. The summed E-state index contributed by atoms with van der Waals surface area (Å²) < 4.78 is 13.2. The molecule has 0 bridgehead atoms. The lowest BCUT2D eigenvalue weighted by molar-refractivity contribution is 0.0579. The Bertz CT molecular complexity index is 766. The van der Waals surface area contributed by atoms with Crippen LogP contribution in [0.3, 0.4) is 0 Å². The maximum atomic E-state index is 9.60. The van der Waals surface area contributed by atoms with Gasteiger partial charge in [-0.3, -0.25) is 0 Å². The summed E-state index contributed by atoms with van der Waals surface area (Å²) in [5.41, 5.74) is 1.82. The molecule has 134 valence electrons. The quantitative estimate of drug-likeness (QED) is 0.600. The van der Waals surface area contributed by atoms with Crippen molar-refractivity contribution in [1.82, 2.24) is 0 Å². The van der Waals surface area contributed by atoms with E-state index in [0.29, 0.717) is 13.2 Å². The summed E-state index contributed by atoms with van der Waals surface area (Å²) in [5.74, 6) is -0.0742. The van der Waals surface area contributed by atoms with E-state index in [9.17, 15) is 5.11 Å². The maximum absolute atomic E-state index is 9.60. The molecule has 1 atom stereocenters. The monoisotopic (exact) mass is 441 g/mol. The Kier molecular flexibility index (Phi) is 5.57. The number of anilines is 1. The minimum Gasteiger partial charge on any atom is -0.508 e. The second kappa shape index (κ2) is 7.37. The number of aromatic hydroxyl groups is 1. The van der Waals surface area contributed by atoms with E-state index >= 15 is 0 Å². The Morgan fingerprint density at radius 1 is 1.08 bits per heavy atom. The summed E-state index contributed by atoms with van der Waals surface area (Å²) in [6.07, 6.45) is 0. The van der Waals surface area contributed by atoms with E-state index in [1.54, 1.807) is 12.1 Å². The molecule has 1 saturated heterocycles. The van der Waals surface area contributed by atoms with Gasteiger partial charge in [0.05, 0.1) is 13.2 Å². The largest absolute Gasteiger partial charge is 0.508 e. The predicted molar refractivity (Wildman–Crippen MR) is 109 cm³/mol. The maximum Gasteiger partial charge on any atom is 0.215 e. The second-order valence-corrected chi connectivity index (χ2v) is 11.5. The number of phenolic OH excluding ortho intramolecular Hbond substituents is 1. The summed E-state index contributed by atoms with van der Waals surface area (Å²) in [6, 6.07) is 14.9. The highest BCUT2D eigenvalue weighted by molar-refractivity contribution is 9.10. The van der Waals surface area contributed by atoms with Gasteiger partial charge in [-0.2, -0.15) is 0 Å². The molecule has 4 nitrogen and oxygen atoms in total. The van der Waals surface area contributed by atoms with Crippen molar-refractivity contribution in [3.8, 4) is 5.75 Å². The highest BCUT2D eigenvalue weighted by atomic mass is 79.9. The zero-order chi connectivity index (χ0) is 18.1. The van der Waals surface area contributed by atoms with E-state index in [1.807, 2.05) is 36.4 Å². The van der Waals surface area contributed by atoms with Gasteiger partial charge in [0.2, 0.25) is 6.49 Å². The molecular formula is C18H21BrNO3PS. The van der Waals surface area contributed by atoms with Crippen LogP contribution < -0.4 is 5.32 Å². The first-order valence-electron chi connectivity index (χ1n) is 7.97. The fourth-order valence-electron chi connectivity index (χ4n) is 2.46. The molecule has 25 heavy (non-hydrogen) atoms. The van der Waals surface area contributed by atoms with Crippen molar-refractivity contribution in [2.75, 3.05) is 18.5 Å². The lowest BCUT2D eigenvalue weighted by atomic mass is 9.97. The van der Waals surface area contributed by atoms with Crippen LogP contribution in [0.1, 0.15) is 25.2 Å². The van der Waals surface area contributed by atoms with E-state index in [0.717, 1.165) is 15.7 Å². The van der Waals surface area contributed by atoms with Crippen molar-refractivity contribution in [3.63, 3.8) is 0 Å². The number of nitrogens with one attached hydrogen (secondary N) is 1. The molecule has 0 saturated carbocycles. The van der Waals surface area contributed by atoms with Gasteiger partial charge in [0.1, 0.15) is 11.5 Å². The fourth-order valence-corrected chi connectivity index (χ4v) is 5.84. The molecule has 0 aromatic heterocycles. The van der Waals surface area contributed by atoms with Gasteiger partial charge in [-0.1, -0.05) is 41.9 Å². The number of halogens is 1. The molecule has 0 amide bonds. The number of rotatable bonds is 4. The van der Waals surface area contributed by atoms with Crippen LogP contribution in [0.4, 0.5) is 5.69 Å². The van der Waals surface area contributed by atoms with Crippen molar-refractivity contribution in [2.24, 2.45) is 5.41 Å². The predicted octanol–water partition coefficient (Wildman–Crippen LogP) is 5.65. The minimum absolute atomic E-state index is 0.0422. The molecule has 1 aliphatic heterocycles. The summed E-state index contributed by atoms with van der Waals surface area (Å²) in [5, 5.41) is 13.1.